The van der Waals surface area contributed by atoms with Gasteiger partial charge >= 0.3 is 0 Å². The SMILES string of the molecule is NNC(=NCCn1ccnn1)NC1CCCCC1. The maximum atomic E-state index is 5.47. The standard InChI is InChI=1S/C11H21N7/c12-16-11(15-10-4-2-1-3-5-10)13-6-8-18-9-7-14-17-18/h7,9-10H,1-6,8,12H2,(H2,13,15,16). The lowest BCUT2D eigenvalue weighted by Crippen LogP contribution is -2.47. The Bertz CT molecular complexity index is 353. The first kappa shape index (κ1) is 12.8. The van der Waals surface area contributed by atoms with Crippen LogP contribution in [0.4, 0.5) is 0 Å². The molecule has 7 heteroatoms. The Kier molecular flexibility index (Phi) is 4.95. The average molecular weight is 251 g/mol. The maximum Gasteiger partial charge on any atom is 0.206 e. The fraction of sp³-hybridized carbons (Fsp3) is 0.727. The zero-order valence-corrected chi connectivity index (χ0v) is 10.5. The number of hydrogen-bond donors (Lipinski definition) is 3. The lowest BCUT2D eigenvalue weighted by atomic mass is 9.96. The number of nitrogens with zero attached hydrogens (tertiary/aromatic N) is 4. The van der Waals surface area contributed by atoms with Gasteiger partial charge in [0.2, 0.25) is 5.96 Å². The zero-order chi connectivity index (χ0) is 12.6. The number of guanidine groups is 1. The number of nitrogens with one attached hydrogen (secondary N) is 2. The maximum absolute atomic E-state index is 5.47. The molecule has 0 spiro atoms. The predicted octanol–water partition coefficient (Wildman–Crippen LogP) is 0.0197. The van der Waals surface area contributed by atoms with Gasteiger partial charge in [0.1, 0.15) is 0 Å². The molecule has 0 atom stereocenters. The smallest absolute Gasteiger partial charge is 0.206 e. The van der Waals surface area contributed by atoms with Crippen molar-refractivity contribution in [1.82, 2.24) is 25.7 Å². The monoisotopic (exact) mass is 251 g/mol. The first-order chi connectivity index (χ1) is 8.88. The van der Waals surface area contributed by atoms with E-state index < -0.39 is 0 Å². The molecule has 0 bridgehead atoms. The summed E-state index contributed by atoms with van der Waals surface area (Å²) >= 11 is 0. The number of hydrogen-bond acceptors (Lipinski definition) is 4. The van der Waals surface area contributed by atoms with Gasteiger partial charge in [-0.1, -0.05) is 24.5 Å². The minimum absolute atomic E-state index is 0.500. The van der Waals surface area contributed by atoms with E-state index in [1.807, 2.05) is 6.20 Å². The van der Waals surface area contributed by atoms with Crippen molar-refractivity contribution in [3.05, 3.63) is 12.4 Å². The molecule has 1 aliphatic carbocycles. The van der Waals surface area contributed by atoms with Crippen molar-refractivity contribution in [3.63, 3.8) is 0 Å². The van der Waals surface area contributed by atoms with Gasteiger partial charge in [0.05, 0.1) is 19.3 Å². The fourth-order valence-electron chi connectivity index (χ4n) is 2.19. The number of aromatic nitrogens is 3. The van der Waals surface area contributed by atoms with E-state index in [1.165, 1.54) is 32.1 Å². The Labute approximate surface area is 107 Å². The molecule has 0 saturated heterocycles. The van der Waals surface area contributed by atoms with E-state index in [9.17, 15) is 0 Å². The molecule has 1 fully saturated rings. The summed E-state index contributed by atoms with van der Waals surface area (Å²) in [4.78, 5) is 4.39. The Hall–Kier alpha value is -1.63. The Morgan fingerprint density at radius 2 is 2.22 bits per heavy atom. The molecule has 4 N–H and O–H groups in total. The number of nitrogens with two attached hydrogens (primary N) is 1. The summed E-state index contributed by atoms with van der Waals surface area (Å²) in [6.07, 6.45) is 9.79. The van der Waals surface area contributed by atoms with Crippen LogP contribution in [0.15, 0.2) is 17.4 Å². The summed E-state index contributed by atoms with van der Waals surface area (Å²) in [5.41, 5.74) is 2.62. The molecule has 7 nitrogen and oxygen atoms in total. The van der Waals surface area contributed by atoms with Crippen LogP contribution in [0.2, 0.25) is 0 Å². The molecule has 1 aromatic rings. The minimum atomic E-state index is 0.500. The molecule has 1 heterocycles. The molecule has 0 aromatic carbocycles. The van der Waals surface area contributed by atoms with E-state index in [2.05, 4.69) is 26.0 Å². The minimum Gasteiger partial charge on any atom is -0.353 e. The summed E-state index contributed by atoms with van der Waals surface area (Å²) in [7, 11) is 0. The van der Waals surface area contributed by atoms with E-state index in [-0.39, 0.29) is 0 Å². The molecule has 1 aromatic heterocycles. The molecule has 18 heavy (non-hydrogen) atoms. The summed E-state index contributed by atoms with van der Waals surface area (Å²) < 4.78 is 1.75. The van der Waals surface area contributed by atoms with Crippen LogP contribution in [0.5, 0.6) is 0 Å². The van der Waals surface area contributed by atoms with Crippen LogP contribution in [0.3, 0.4) is 0 Å². The van der Waals surface area contributed by atoms with E-state index in [1.54, 1.807) is 10.9 Å². The molecule has 0 aliphatic heterocycles. The van der Waals surface area contributed by atoms with E-state index in [0.717, 1.165) is 0 Å². The van der Waals surface area contributed by atoms with Crippen molar-refractivity contribution in [2.24, 2.45) is 10.8 Å². The highest BCUT2D eigenvalue weighted by Gasteiger charge is 2.13. The summed E-state index contributed by atoms with van der Waals surface area (Å²) in [5, 5.41) is 11.0. The van der Waals surface area contributed by atoms with Crippen LogP contribution in [0.1, 0.15) is 32.1 Å². The first-order valence-electron chi connectivity index (χ1n) is 6.50. The highest BCUT2D eigenvalue weighted by atomic mass is 15.4. The van der Waals surface area contributed by atoms with Crippen LogP contribution in [0, 0.1) is 0 Å². The van der Waals surface area contributed by atoms with Crippen LogP contribution < -0.4 is 16.6 Å². The third-order valence-corrected chi connectivity index (χ3v) is 3.15. The third kappa shape index (κ3) is 3.99. The largest absolute Gasteiger partial charge is 0.353 e. The van der Waals surface area contributed by atoms with E-state index in [4.69, 9.17) is 5.84 Å². The molecular formula is C11H21N7. The molecule has 1 saturated carbocycles. The van der Waals surface area contributed by atoms with Gasteiger partial charge in [0.15, 0.2) is 0 Å². The van der Waals surface area contributed by atoms with Gasteiger partial charge in [-0.05, 0) is 12.8 Å². The van der Waals surface area contributed by atoms with Crippen molar-refractivity contribution in [2.45, 2.75) is 44.7 Å². The predicted molar refractivity (Wildman–Crippen MR) is 69.7 cm³/mol. The van der Waals surface area contributed by atoms with Gasteiger partial charge in [0, 0.05) is 12.2 Å². The molecule has 100 valence electrons. The van der Waals surface area contributed by atoms with Crippen molar-refractivity contribution in [1.29, 1.82) is 0 Å². The quantitative estimate of drug-likeness (QED) is 0.303. The second-order valence-corrected chi connectivity index (χ2v) is 4.52. The molecule has 1 aliphatic rings. The number of hydrazine groups is 1. The summed E-state index contributed by atoms with van der Waals surface area (Å²) in [6.45, 7) is 1.33. The highest BCUT2D eigenvalue weighted by molar-refractivity contribution is 5.79. The Balaban J connectivity index is 1.76. The van der Waals surface area contributed by atoms with E-state index >= 15 is 0 Å². The highest BCUT2D eigenvalue weighted by Crippen LogP contribution is 2.17. The van der Waals surface area contributed by atoms with Gasteiger partial charge in [-0.25, -0.2) is 5.84 Å². The lowest BCUT2D eigenvalue weighted by Gasteiger charge is -2.24. The van der Waals surface area contributed by atoms with Crippen LogP contribution in [0.25, 0.3) is 0 Å². The molecule has 0 unspecified atom stereocenters. The van der Waals surface area contributed by atoms with Gasteiger partial charge in [-0.2, -0.15) is 0 Å². The average Bonchev–Trinajstić information content (AvgIpc) is 2.92. The molecular weight excluding hydrogens is 230 g/mol. The van der Waals surface area contributed by atoms with Gasteiger partial charge in [-0.15, -0.1) is 5.10 Å². The van der Waals surface area contributed by atoms with Crippen LogP contribution in [-0.2, 0) is 6.54 Å². The van der Waals surface area contributed by atoms with Gasteiger partial charge < -0.3 is 5.32 Å². The van der Waals surface area contributed by atoms with Crippen LogP contribution >= 0.6 is 0 Å². The van der Waals surface area contributed by atoms with Crippen molar-refractivity contribution < 1.29 is 0 Å². The summed E-state index contributed by atoms with van der Waals surface area (Å²) in [6, 6.07) is 0.500. The second-order valence-electron chi connectivity index (χ2n) is 4.52. The second kappa shape index (κ2) is 6.95. The zero-order valence-electron chi connectivity index (χ0n) is 10.5. The normalized spacial score (nSPS) is 17.7. The summed E-state index contributed by atoms with van der Waals surface area (Å²) in [5.74, 6) is 6.14. The molecule has 0 amide bonds. The lowest BCUT2D eigenvalue weighted by molar-refractivity contribution is 0.410. The van der Waals surface area contributed by atoms with Crippen molar-refractivity contribution in [2.75, 3.05) is 6.54 Å². The number of aliphatic imine (C=N–C) groups is 1. The van der Waals surface area contributed by atoms with Crippen molar-refractivity contribution in [3.8, 4) is 0 Å². The van der Waals surface area contributed by atoms with E-state index in [0.29, 0.717) is 25.1 Å². The van der Waals surface area contributed by atoms with Gasteiger partial charge in [-0.3, -0.25) is 15.1 Å². The van der Waals surface area contributed by atoms with Crippen LogP contribution in [-0.4, -0.2) is 33.5 Å². The fourth-order valence-corrected chi connectivity index (χ4v) is 2.19. The van der Waals surface area contributed by atoms with Crippen molar-refractivity contribution >= 4 is 5.96 Å². The molecule has 0 radical (unpaired) electrons. The Morgan fingerprint density at radius 3 is 2.89 bits per heavy atom. The first-order valence-corrected chi connectivity index (χ1v) is 6.50. The third-order valence-electron chi connectivity index (χ3n) is 3.15. The van der Waals surface area contributed by atoms with Gasteiger partial charge in [0.25, 0.3) is 0 Å². The topological polar surface area (TPSA) is 93.1 Å². The molecule has 2 rings (SSSR count). The Morgan fingerprint density at radius 1 is 1.39 bits per heavy atom. The number of rotatable bonds is 4.